The van der Waals surface area contributed by atoms with Gasteiger partial charge in [0.2, 0.25) is 0 Å². The largest absolute Gasteiger partial charge is 0.469 e. The van der Waals surface area contributed by atoms with Gasteiger partial charge in [0.1, 0.15) is 16.6 Å². The van der Waals surface area contributed by atoms with E-state index in [9.17, 15) is 0 Å². The summed E-state index contributed by atoms with van der Waals surface area (Å²) in [6, 6.07) is 7.81. The Morgan fingerprint density at radius 2 is 2.33 bits per heavy atom. The zero-order valence-electron chi connectivity index (χ0n) is 10.1. The average molecular weight is 261 g/mol. The van der Waals surface area contributed by atoms with E-state index >= 15 is 0 Å². The fraction of sp³-hybridized carbons (Fsp3) is 0.231. The Bertz CT molecular complexity index is 508. The van der Waals surface area contributed by atoms with Gasteiger partial charge in [-0.15, -0.1) is 0 Å². The van der Waals surface area contributed by atoms with Gasteiger partial charge in [-0.05, 0) is 31.2 Å². The molecule has 2 aromatic heterocycles. The van der Waals surface area contributed by atoms with Gasteiger partial charge in [-0.3, -0.25) is 0 Å². The lowest BCUT2D eigenvalue weighted by Crippen LogP contribution is -2.19. The maximum Gasteiger partial charge on any atom is 0.126 e. The average Bonchev–Trinajstić information content (AvgIpc) is 2.82. The first kappa shape index (κ1) is 12.6. The Morgan fingerprint density at radius 3 is 2.89 bits per heavy atom. The lowest BCUT2D eigenvalue weighted by atomic mass is 10.2. The molecule has 2 aromatic rings. The van der Waals surface area contributed by atoms with Gasteiger partial charge in [0.25, 0.3) is 0 Å². The molecule has 1 atom stereocenters. The summed E-state index contributed by atoms with van der Waals surface area (Å²) >= 11 is 4.87. The van der Waals surface area contributed by atoms with Crippen molar-refractivity contribution in [1.82, 2.24) is 4.98 Å². The first-order chi connectivity index (χ1) is 8.65. The SMILES string of the molecule is CC(Cc1ccco1)Nc1ccc(C(N)=S)cn1. The second kappa shape index (κ2) is 5.64. The van der Waals surface area contributed by atoms with Crippen LogP contribution in [0.4, 0.5) is 5.82 Å². The van der Waals surface area contributed by atoms with Gasteiger partial charge in [-0.1, -0.05) is 12.2 Å². The Kier molecular flexibility index (Phi) is 3.94. The molecule has 2 heterocycles. The number of anilines is 1. The minimum absolute atomic E-state index is 0.235. The molecule has 4 nitrogen and oxygen atoms in total. The van der Waals surface area contributed by atoms with E-state index in [4.69, 9.17) is 22.4 Å². The maximum absolute atomic E-state index is 5.51. The first-order valence-corrected chi connectivity index (χ1v) is 6.11. The van der Waals surface area contributed by atoms with Crippen LogP contribution in [0.5, 0.6) is 0 Å². The third-order valence-electron chi connectivity index (χ3n) is 2.53. The summed E-state index contributed by atoms with van der Waals surface area (Å²) in [5.41, 5.74) is 6.29. The van der Waals surface area contributed by atoms with Crippen molar-refractivity contribution in [3.63, 3.8) is 0 Å². The van der Waals surface area contributed by atoms with Gasteiger partial charge in [0.15, 0.2) is 0 Å². The monoisotopic (exact) mass is 261 g/mol. The highest BCUT2D eigenvalue weighted by Crippen LogP contribution is 2.10. The summed E-state index contributed by atoms with van der Waals surface area (Å²) in [6.07, 6.45) is 4.16. The van der Waals surface area contributed by atoms with Crippen LogP contribution in [0.25, 0.3) is 0 Å². The summed E-state index contributed by atoms with van der Waals surface area (Å²) in [7, 11) is 0. The van der Waals surface area contributed by atoms with Crippen LogP contribution < -0.4 is 11.1 Å². The van der Waals surface area contributed by atoms with E-state index in [0.717, 1.165) is 23.6 Å². The molecule has 0 radical (unpaired) electrons. The van der Waals surface area contributed by atoms with Gasteiger partial charge < -0.3 is 15.5 Å². The molecule has 0 aliphatic heterocycles. The smallest absolute Gasteiger partial charge is 0.126 e. The number of hydrogen-bond donors (Lipinski definition) is 2. The molecule has 0 aliphatic rings. The van der Waals surface area contributed by atoms with Crippen LogP contribution in [-0.4, -0.2) is 16.0 Å². The van der Waals surface area contributed by atoms with E-state index in [2.05, 4.69) is 17.2 Å². The van der Waals surface area contributed by atoms with E-state index in [1.165, 1.54) is 0 Å². The van der Waals surface area contributed by atoms with Crippen LogP contribution in [0.2, 0.25) is 0 Å². The van der Waals surface area contributed by atoms with Gasteiger partial charge in [-0.25, -0.2) is 4.98 Å². The third kappa shape index (κ3) is 3.30. The molecule has 1 unspecified atom stereocenters. The van der Waals surface area contributed by atoms with Crippen LogP contribution in [0.15, 0.2) is 41.1 Å². The number of pyridine rings is 1. The van der Waals surface area contributed by atoms with E-state index < -0.39 is 0 Å². The summed E-state index contributed by atoms with van der Waals surface area (Å²) < 4.78 is 5.30. The van der Waals surface area contributed by atoms with Gasteiger partial charge in [0, 0.05) is 24.2 Å². The lowest BCUT2D eigenvalue weighted by Gasteiger charge is -2.13. The topological polar surface area (TPSA) is 64.1 Å². The number of rotatable bonds is 5. The lowest BCUT2D eigenvalue weighted by molar-refractivity contribution is 0.497. The van der Waals surface area contributed by atoms with Crippen molar-refractivity contribution in [3.05, 3.63) is 48.0 Å². The summed E-state index contributed by atoms with van der Waals surface area (Å²) in [6.45, 7) is 2.08. The third-order valence-corrected chi connectivity index (χ3v) is 2.77. The number of nitrogens with one attached hydrogen (secondary N) is 1. The van der Waals surface area contributed by atoms with Crippen LogP contribution in [0.1, 0.15) is 18.2 Å². The first-order valence-electron chi connectivity index (χ1n) is 5.70. The number of hydrogen-bond acceptors (Lipinski definition) is 4. The molecule has 0 saturated heterocycles. The van der Waals surface area contributed by atoms with Gasteiger partial charge in [0.05, 0.1) is 6.26 Å². The Balaban J connectivity index is 1.94. The molecule has 0 fully saturated rings. The zero-order valence-corrected chi connectivity index (χ0v) is 10.9. The van der Waals surface area contributed by atoms with Crippen molar-refractivity contribution >= 4 is 23.0 Å². The number of furan rings is 1. The molecular formula is C13H15N3OS. The second-order valence-corrected chi connectivity index (χ2v) is 4.57. The summed E-state index contributed by atoms with van der Waals surface area (Å²) in [4.78, 5) is 4.62. The van der Waals surface area contributed by atoms with Crippen molar-refractivity contribution in [2.45, 2.75) is 19.4 Å². The molecule has 0 spiro atoms. The summed E-state index contributed by atoms with van der Waals surface area (Å²) in [5, 5.41) is 3.29. The van der Waals surface area contributed by atoms with Crippen molar-refractivity contribution in [2.24, 2.45) is 5.73 Å². The van der Waals surface area contributed by atoms with Crippen molar-refractivity contribution in [1.29, 1.82) is 0 Å². The van der Waals surface area contributed by atoms with Gasteiger partial charge >= 0.3 is 0 Å². The number of aromatic nitrogens is 1. The van der Waals surface area contributed by atoms with E-state index in [0.29, 0.717) is 4.99 Å². The minimum atomic E-state index is 0.235. The van der Waals surface area contributed by atoms with Crippen molar-refractivity contribution in [3.8, 4) is 0 Å². The Hall–Kier alpha value is -1.88. The van der Waals surface area contributed by atoms with Crippen LogP contribution >= 0.6 is 12.2 Å². The minimum Gasteiger partial charge on any atom is -0.469 e. The standard InChI is InChI=1S/C13H15N3OS/c1-9(7-11-3-2-6-17-11)16-12-5-4-10(8-15-12)13(14)18/h2-6,8-9H,7H2,1H3,(H2,14,18)(H,15,16). The van der Waals surface area contributed by atoms with E-state index in [1.54, 1.807) is 12.5 Å². The molecule has 0 amide bonds. The highest BCUT2D eigenvalue weighted by Gasteiger charge is 2.06. The molecule has 94 valence electrons. The predicted octanol–water partition coefficient (Wildman–Crippen LogP) is 2.35. The normalized spacial score (nSPS) is 12.1. The highest BCUT2D eigenvalue weighted by atomic mass is 32.1. The molecule has 5 heteroatoms. The quantitative estimate of drug-likeness (QED) is 0.809. The zero-order chi connectivity index (χ0) is 13.0. The molecule has 3 N–H and O–H groups in total. The Morgan fingerprint density at radius 1 is 1.50 bits per heavy atom. The van der Waals surface area contributed by atoms with Crippen molar-refractivity contribution < 1.29 is 4.42 Å². The van der Waals surface area contributed by atoms with Crippen LogP contribution in [0.3, 0.4) is 0 Å². The molecule has 2 rings (SSSR count). The van der Waals surface area contributed by atoms with Gasteiger partial charge in [-0.2, -0.15) is 0 Å². The highest BCUT2D eigenvalue weighted by molar-refractivity contribution is 7.80. The second-order valence-electron chi connectivity index (χ2n) is 4.13. The molecule has 0 aliphatic carbocycles. The molecule has 0 bridgehead atoms. The molecule has 0 saturated carbocycles. The fourth-order valence-corrected chi connectivity index (χ4v) is 1.78. The van der Waals surface area contributed by atoms with E-state index in [-0.39, 0.29) is 6.04 Å². The molecule has 18 heavy (non-hydrogen) atoms. The fourth-order valence-electron chi connectivity index (χ4n) is 1.66. The van der Waals surface area contributed by atoms with E-state index in [1.807, 2.05) is 24.3 Å². The molecule has 0 aromatic carbocycles. The predicted molar refractivity (Wildman–Crippen MR) is 75.6 cm³/mol. The molecular weight excluding hydrogens is 246 g/mol. The maximum atomic E-state index is 5.51. The summed E-state index contributed by atoms with van der Waals surface area (Å²) in [5.74, 6) is 1.75. The van der Waals surface area contributed by atoms with Crippen molar-refractivity contribution in [2.75, 3.05) is 5.32 Å². The van der Waals surface area contributed by atoms with Crippen LogP contribution in [-0.2, 0) is 6.42 Å². The van der Waals surface area contributed by atoms with Crippen LogP contribution in [0, 0.1) is 0 Å². The number of nitrogens with zero attached hydrogens (tertiary/aromatic N) is 1. The Labute approximate surface area is 111 Å². The number of nitrogens with two attached hydrogens (primary N) is 1. The number of thiocarbonyl (C=S) groups is 1.